The molecule has 2 aromatic carbocycles. The molecular formula is C23H25N3O3S. The molecule has 6 nitrogen and oxygen atoms in total. The number of rotatable bonds is 4. The Morgan fingerprint density at radius 1 is 1.20 bits per heavy atom. The van der Waals surface area contributed by atoms with Crippen LogP contribution in [0.4, 0.5) is 11.4 Å². The largest absolute Gasteiger partial charge is 0.496 e. The summed E-state index contributed by atoms with van der Waals surface area (Å²) in [6.07, 6.45) is 1.85. The fraction of sp³-hybridized carbons (Fsp3) is 0.304. The quantitative estimate of drug-likeness (QED) is 0.752. The summed E-state index contributed by atoms with van der Waals surface area (Å²) < 4.78 is 11.0. The molecule has 2 aliphatic heterocycles. The minimum atomic E-state index is -0.150. The second-order valence-corrected chi connectivity index (χ2v) is 8.26. The number of hydrogen-bond acceptors (Lipinski definition) is 6. The van der Waals surface area contributed by atoms with Gasteiger partial charge in [0.05, 0.1) is 30.9 Å². The number of amides is 1. The molecule has 0 saturated carbocycles. The van der Waals surface area contributed by atoms with Crippen molar-refractivity contribution in [2.24, 2.45) is 4.99 Å². The van der Waals surface area contributed by atoms with E-state index in [-0.39, 0.29) is 5.91 Å². The number of aliphatic imine (C=N–C) groups is 1. The van der Waals surface area contributed by atoms with Crippen LogP contribution in [0.2, 0.25) is 0 Å². The third-order valence-corrected chi connectivity index (χ3v) is 6.24. The van der Waals surface area contributed by atoms with Crippen molar-refractivity contribution in [2.45, 2.75) is 13.8 Å². The van der Waals surface area contributed by atoms with Crippen molar-refractivity contribution in [3.63, 3.8) is 0 Å². The molecule has 0 unspecified atom stereocenters. The predicted octanol–water partition coefficient (Wildman–Crippen LogP) is 4.04. The number of carbonyl (C=O) groups is 1. The third kappa shape index (κ3) is 4.37. The first kappa shape index (κ1) is 20.5. The fourth-order valence-electron chi connectivity index (χ4n) is 3.43. The molecule has 2 fully saturated rings. The second kappa shape index (κ2) is 8.93. The lowest BCUT2D eigenvalue weighted by Crippen LogP contribution is -2.36. The summed E-state index contributed by atoms with van der Waals surface area (Å²) in [5.74, 6) is 0.586. The zero-order valence-corrected chi connectivity index (χ0v) is 18.2. The summed E-state index contributed by atoms with van der Waals surface area (Å²) in [4.78, 5) is 20.0. The number of benzene rings is 2. The van der Waals surface area contributed by atoms with Gasteiger partial charge in [-0.1, -0.05) is 12.1 Å². The Labute approximate surface area is 181 Å². The van der Waals surface area contributed by atoms with E-state index in [1.54, 1.807) is 7.11 Å². The maximum atomic E-state index is 12.5. The molecule has 0 spiro atoms. The van der Waals surface area contributed by atoms with Gasteiger partial charge in [-0.25, -0.2) is 4.99 Å². The van der Waals surface area contributed by atoms with Gasteiger partial charge in [-0.2, -0.15) is 0 Å². The molecule has 1 N–H and O–H groups in total. The highest BCUT2D eigenvalue weighted by Crippen LogP contribution is 2.33. The van der Waals surface area contributed by atoms with Gasteiger partial charge in [-0.3, -0.25) is 4.79 Å². The number of amidine groups is 1. The molecule has 2 heterocycles. The zero-order valence-electron chi connectivity index (χ0n) is 17.4. The number of methoxy groups -OCH3 is 1. The maximum absolute atomic E-state index is 12.5. The van der Waals surface area contributed by atoms with Crippen LogP contribution in [0, 0.1) is 13.8 Å². The van der Waals surface area contributed by atoms with Gasteiger partial charge < -0.3 is 19.7 Å². The first-order valence-corrected chi connectivity index (χ1v) is 10.7. The highest BCUT2D eigenvalue weighted by molar-refractivity contribution is 8.18. The van der Waals surface area contributed by atoms with Gasteiger partial charge >= 0.3 is 0 Å². The molecule has 30 heavy (non-hydrogen) atoms. The normalized spacial score (nSPS) is 19.4. The summed E-state index contributed by atoms with van der Waals surface area (Å²) in [6, 6.07) is 12.0. The van der Waals surface area contributed by atoms with Crippen molar-refractivity contribution in [3.05, 3.63) is 58.0 Å². The van der Waals surface area contributed by atoms with Crippen LogP contribution in [0.15, 0.2) is 46.3 Å². The van der Waals surface area contributed by atoms with E-state index in [1.807, 2.05) is 37.3 Å². The number of ether oxygens (including phenoxy) is 2. The van der Waals surface area contributed by atoms with E-state index in [9.17, 15) is 4.79 Å². The smallest absolute Gasteiger partial charge is 0.264 e. The van der Waals surface area contributed by atoms with Crippen LogP contribution in [0.1, 0.15) is 16.7 Å². The zero-order chi connectivity index (χ0) is 21.1. The average molecular weight is 424 g/mol. The molecule has 0 atom stereocenters. The molecule has 0 radical (unpaired) electrons. The Kier molecular flexibility index (Phi) is 6.11. The lowest BCUT2D eigenvalue weighted by atomic mass is 10.1. The molecule has 0 aromatic heterocycles. The number of nitrogens with one attached hydrogen (secondary N) is 1. The minimum absolute atomic E-state index is 0.150. The van der Waals surface area contributed by atoms with Crippen molar-refractivity contribution in [1.29, 1.82) is 0 Å². The molecule has 2 aliphatic rings. The van der Waals surface area contributed by atoms with Crippen LogP contribution in [0.5, 0.6) is 5.75 Å². The SMILES string of the molecule is COc1cc(N2CCOCC2)ccc1/C=C1\SC(=Nc2cccc(C)c2C)NC1=O. The molecule has 2 aromatic rings. The van der Waals surface area contributed by atoms with Crippen molar-refractivity contribution in [3.8, 4) is 5.75 Å². The van der Waals surface area contributed by atoms with Gasteiger partial charge in [-0.15, -0.1) is 0 Å². The first-order chi connectivity index (χ1) is 14.5. The maximum Gasteiger partial charge on any atom is 0.264 e. The van der Waals surface area contributed by atoms with Gasteiger partial charge in [0.15, 0.2) is 5.17 Å². The fourth-order valence-corrected chi connectivity index (χ4v) is 4.25. The third-order valence-electron chi connectivity index (χ3n) is 5.33. The van der Waals surface area contributed by atoms with E-state index >= 15 is 0 Å². The molecule has 0 bridgehead atoms. The lowest BCUT2D eigenvalue weighted by molar-refractivity contribution is -0.115. The van der Waals surface area contributed by atoms with Crippen LogP contribution in [-0.2, 0) is 9.53 Å². The van der Waals surface area contributed by atoms with Gasteiger partial charge in [-0.05, 0) is 61.0 Å². The van der Waals surface area contributed by atoms with E-state index in [0.29, 0.717) is 10.1 Å². The second-order valence-electron chi connectivity index (χ2n) is 7.23. The molecular weight excluding hydrogens is 398 g/mol. The summed E-state index contributed by atoms with van der Waals surface area (Å²) >= 11 is 1.34. The summed E-state index contributed by atoms with van der Waals surface area (Å²) in [5.41, 5.74) is 5.11. The number of thioether (sulfide) groups is 1. The number of hydrogen-bond donors (Lipinski definition) is 1. The Morgan fingerprint density at radius 3 is 2.77 bits per heavy atom. The summed E-state index contributed by atoms with van der Waals surface area (Å²) in [7, 11) is 1.65. The van der Waals surface area contributed by atoms with Crippen molar-refractivity contribution < 1.29 is 14.3 Å². The Bertz CT molecular complexity index is 1030. The standard InChI is InChI=1S/C23H25N3O3S/c1-15-5-4-6-19(16(15)2)24-23-25-22(27)21(30-23)13-17-7-8-18(14-20(17)28-3)26-9-11-29-12-10-26/h4-8,13-14H,9-12H2,1-3H3,(H,24,25,27)/b21-13-. The molecule has 7 heteroatoms. The van der Waals surface area contributed by atoms with Gasteiger partial charge in [0.2, 0.25) is 0 Å². The molecule has 0 aliphatic carbocycles. The van der Waals surface area contributed by atoms with Gasteiger partial charge in [0.1, 0.15) is 5.75 Å². The topological polar surface area (TPSA) is 63.2 Å². The van der Waals surface area contributed by atoms with Crippen LogP contribution >= 0.6 is 11.8 Å². The number of carbonyl (C=O) groups excluding carboxylic acids is 1. The molecule has 156 valence electrons. The van der Waals surface area contributed by atoms with E-state index in [2.05, 4.69) is 34.3 Å². The number of morpholine rings is 1. The Hall–Kier alpha value is -2.77. The van der Waals surface area contributed by atoms with Crippen molar-refractivity contribution in [1.82, 2.24) is 5.32 Å². The predicted molar refractivity (Wildman–Crippen MR) is 123 cm³/mol. The lowest BCUT2D eigenvalue weighted by Gasteiger charge is -2.29. The Balaban J connectivity index is 1.57. The van der Waals surface area contributed by atoms with E-state index < -0.39 is 0 Å². The summed E-state index contributed by atoms with van der Waals surface area (Å²) in [6.45, 7) is 7.27. The van der Waals surface area contributed by atoms with Crippen LogP contribution in [0.3, 0.4) is 0 Å². The minimum Gasteiger partial charge on any atom is -0.496 e. The first-order valence-electron chi connectivity index (χ1n) is 9.91. The van der Waals surface area contributed by atoms with Crippen molar-refractivity contribution >= 4 is 40.3 Å². The number of anilines is 1. The van der Waals surface area contributed by atoms with E-state index in [4.69, 9.17) is 9.47 Å². The van der Waals surface area contributed by atoms with Gasteiger partial charge in [0, 0.05) is 30.4 Å². The monoisotopic (exact) mass is 423 g/mol. The molecule has 2 saturated heterocycles. The molecule has 4 rings (SSSR count). The molecule has 1 amide bonds. The van der Waals surface area contributed by atoms with Gasteiger partial charge in [0.25, 0.3) is 5.91 Å². The van der Waals surface area contributed by atoms with Crippen LogP contribution in [0.25, 0.3) is 6.08 Å². The van der Waals surface area contributed by atoms with E-state index in [0.717, 1.165) is 54.6 Å². The number of aryl methyl sites for hydroxylation is 1. The highest BCUT2D eigenvalue weighted by Gasteiger charge is 2.25. The average Bonchev–Trinajstić information content (AvgIpc) is 3.11. The highest BCUT2D eigenvalue weighted by atomic mass is 32.2. The van der Waals surface area contributed by atoms with Crippen LogP contribution in [-0.4, -0.2) is 44.5 Å². The van der Waals surface area contributed by atoms with E-state index in [1.165, 1.54) is 17.3 Å². The number of nitrogens with zero attached hydrogens (tertiary/aromatic N) is 2. The van der Waals surface area contributed by atoms with Crippen LogP contribution < -0.4 is 15.0 Å². The van der Waals surface area contributed by atoms with Crippen molar-refractivity contribution in [2.75, 3.05) is 38.3 Å². The Morgan fingerprint density at radius 2 is 2.00 bits per heavy atom. The summed E-state index contributed by atoms with van der Waals surface area (Å²) in [5, 5.41) is 3.45.